The van der Waals surface area contributed by atoms with E-state index >= 15 is 0 Å². The molecule has 1 aliphatic heterocycles. The molecule has 2 N–H and O–H groups in total. The first-order valence-corrected chi connectivity index (χ1v) is 7.89. The molecule has 0 aromatic carbocycles. The zero-order valence-corrected chi connectivity index (χ0v) is 14.2. The van der Waals surface area contributed by atoms with Crippen LogP contribution in [0.2, 0.25) is 0 Å². The molecule has 3 nitrogen and oxygen atoms in total. The number of halogens is 1. The van der Waals surface area contributed by atoms with E-state index < -0.39 is 0 Å². The molecule has 0 aromatic heterocycles. The van der Waals surface area contributed by atoms with Crippen molar-refractivity contribution in [2.24, 2.45) is 28.9 Å². The number of nitrogens with two attached hydrogens (primary N) is 1. The van der Waals surface area contributed by atoms with E-state index in [-0.39, 0.29) is 37.2 Å². The molecule has 0 radical (unpaired) electrons. The monoisotopic (exact) mass is 301 g/mol. The van der Waals surface area contributed by atoms with E-state index in [1.807, 2.05) is 0 Å². The first-order chi connectivity index (χ1) is 8.80. The zero-order chi connectivity index (χ0) is 14.0. The average Bonchev–Trinajstić information content (AvgIpc) is 2.73. The van der Waals surface area contributed by atoms with Crippen LogP contribution in [0.15, 0.2) is 0 Å². The van der Waals surface area contributed by atoms with Crippen molar-refractivity contribution in [1.82, 2.24) is 0 Å². The van der Waals surface area contributed by atoms with Crippen LogP contribution in [0.4, 0.5) is 0 Å². The molecular formula is C15H29BClNO2. The second kappa shape index (κ2) is 5.15. The van der Waals surface area contributed by atoms with Crippen LogP contribution in [0, 0.1) is 23.2 Å². The van der Waals surface area contributed by atoms with E-state index in [0.717, 1.165) is 18.8 Å². The molecule has 4 aliphatic rings. The van der Waals surface area contributed by atoms with Crippen LogP contribution in [0.5, 0.6) is 0 Å². The predicted octanol–water partition coefficient (Wildman–Crippen LogP) is 3.05. The molecule has 5 heteroatoms. The van der Waals surface area contributed by atoms with Crippen molar-refractivity contribution in [3.63, 3.8) is 0 Å². The largest absolute Gasteiger partial charge is 0.475 e. The first-order valence-electron chi connectivity index (χ1n) is 7.89. The summed E-state index contributed by atoms with van der Waals surface area (Å²) in [5.74, 6) is 1.86. The van der Waals surface area contributed by atoms with E-state index in [1.165, 1.54) is 6.42 Å². The van der Waals surface area contributed by atoms with Crippen LogP contribution < -0.4 is 5.73 Å². The van der Waals surface area contributed by atoms with Crippen LogP contribution >= 0.6 is 12.4 Å². The third kappa shape index (κ3) is 2.06. The summed E-state index contributed by atoms with van der Waals surface area (Å²) in [6.07, 6.45) is 3.77. The van der Waals surface area contributed by atoms with Crippen molar-refractivity contribution in [2.75, 3.05) is 0 Å². The fraction of sp³-hybridized carbons (Fsp3) is 1.00. The van der Waals surface area contributed by atoms with Crippen molar-refractivity contribution in [1.29, 1.82) is 0 Å². The quantitative estimate of drug-likeness (QED) is 0.815. The Morgan fingerprint density at radius 1 is 1.30 bits per heavy atom. The third-order valence-electron chi connectivity index (χ3n) is 6.58. The molecule has 0 aromatic rings. The maximum atomic E-state index is 6.38. The molecule has 4 fully saturated rings. The molecule has 0 amide bonds. The minimum atomic E-state index is -0.208. The van der Waals surface area contributed by atoms with Gasteiger partial charge in [0, 0.05) is 5.94 Å². The zero-order valence-electron chi connectivity index (χ0n) is 13.4. The Bertz CT molecular complexity index is 381. The maximum Gasteiger partial charge on any atom is 0.475 e. The van der Waals surface area contributed by atoms with Crippen LogP contribution in [0.1, 0.15) is 53.9 Å². The lowest BCUT2D eigenvalue weighted by atomic mass is 9.43. The Labute approximate surface area is 129 Å². The van der Waals surface area contributed by atoms with Gasteiger partial charge in [-0.15, -0.1) is 12.4 Å². The molecule has 0 spiro atoms. The van der Waals surface area contributed by atoms with Crippen LogP contribution in [-0.4, -0.2) is 24.8 Å². The van der Waals surface area contributed by atoms with Gasteiger partial charge in [-0.1, -0.05) is 34.1 Å². The molecule has 116 valence electrons. The lowest BCUT2D eigenvalue weighted by Crippen LogP contribution is -2.65. The van der Waals surface area contributed by atoms with Gasteiger partial charge in [-0.05, 0) is 42.9 Å². The summed E-state index contributed by atoms with van der Waals surface area (Å²) in [4.78, 5) is 0. The van der Waals surface area contributed by atoms with Gasteiger partial charge >= 0.3 is 7.12 Å². The van der Waals surface area contributed by atoms with Gasteiger partial charge in [-0.25, -0.2) is 0 Å². The molecule has 3 aliphatic carbocycles. The highest BCUT2D eigenvalue weighted by Gasteiger charge is 2.68. The molecule has 1 heterocycles. The summed E-state index contributed by atoms with van der Waals surface area (Å²) in [5.41, 5.74) is 6.61. The normalized spacial score (nSPS) is 44.1. The minimum Gasteiger partial charge on any atom is -0.404 e. The molecule has 6 atom stereocenters. The maximum absolute atomic E-state index is 6.38. The van der Waals surface area contributed by atoms with Gasteiger partial charge in [0.25, 0.3) is 0 Å². The Morgan fingerprint density at radius 3 is 2.50 bits per heavy atom. The molecule has 20 heavy (non-hydrogen) atoms. The smallest absolute Gasteiger partial charge is 0.404 e. The highest BCUT2D eigenvalue weighted by Crippen LogP contribution is 2.65. The van der Waals surface area contributed by atoms with Crippen LogP contribution in [0.3, 0.4) is 0 Å². The topological polar surface area (TPSA) is 44.5 Å². The standard InChI is InChI=1S/C15H28BNO2.ClH/c1-6-9(2)13(17)16-18-12-8-10-7-11(14(10,3)4)15(12,5)19-16;/h9-13H,6-8,17H2,1-5H3;1H/t9-,10+,11+,12-,13+,15+;/m1./s1. The third-order valence-corrected chi connectivity index (χ3v) is 6.58. The lowest BCUT2D eigenvalue weighted by molar-refractivity contribution is -0.199. The number of hydrogen-bond donors (Lipinski definition) is 1. The summed E-state index contributed by atoms with van der Waals surface area (Å²) in [5, 5.41) is 0. The van der Waals surface area contributed by atoms with E-state index in [1.54, 1.807) is 0 Å². The SMILES string of the molecule is CC[C@@H](C)[C@H](N)B1O[C@@H]2C[C@@H]3C[C@@H](C3(C)C)[C@]2(C)O1.Cl. The van der Waals surface area contributed by atoms with E-state index in [9.17, 15) is 0 Å². The van der Waals surface area contributed by atoms with Crippen molar-refractivity contribution in [3.05, 3.63) is 0 Å². The van der Waals surface area contributed by atoms with Crippen molar-refractivity contribution < 1.29 is 9.31 Å². The summed E-state index contributed by atoms with van der Waals surface area (Å²) < 4.78 is 12.6. The fourth-order valence-corrected chi connectivity index (χ4v) is 4.60. The molecule has 3 saturated carbocycles. The Kier molecular flexibility index (Phi) is 4.28. The van der Waals surface area contributed by atoms with Crippen molar-refractivity contribution in [2.45, 2.75) is 71.5 Å². The van der Waals surface area contributed by atoms with E-state index in [4.69, 9.17) is 15.0 Å². The summed E-state index contributed by atoms with van der Waals surface area (Å²) >= 11 is 0. The highest BCUT2D eigenvalue weighted by atomic mass is 35.5. The molecule has 1 saturated heterocycles. The molecule has 4 rings (SSSR count). The summed E-state index contributed by atoms with van der Waals surface area (Å²) in [6, 6.07) is 0. The fourth-order valence-electron chi connectivity index (χ4n) is 4.60. The lowest BCUT2D eigenvalue weighted by Gasteiger charge is -2.64. The number of rotatable bonds is 3. The number of hydrogen-bond acceptors (Lipinski definition) is 3. The van der Waals surface area contributed by atoms with Gasteiger partial charge in [0.05, 0.1) is 11.7 Å². The second-order valence-corrected chi connectivity index (χ2v) is 7.80. The van der Waals surface area contributed by atoms with E-state index in [0.29, 0.717) is 17.3 Å². The second-order valence-electron chi connectivity index (χ2n) is 7.80. The minimum absolute atomic E-state index is 0. The van der Waals surface area contributed by atoms with Gasteiger partial charge in [-0.2, -0.15) is 0 Å². The van der Waals surface area contributed by atoms with E-state index in [2.05, 4.69) is 34.6 Å². The van der Waals surface area contributed by atoms with Gasteiger partial charge < -0.3 is 15.0 Å². The van der Waals surface area contributed by atoms with Crippen LogP contribution in [-0.2, 0) is 9.31 Å². The van der Waals surface area contributed by atoms with Gasteiger partial charge in [0.15, 0.2) is 0 Å². The van der Waals surface area contributed by atoms with Gasteiger partial charge in [-0.3, -0.25) is 0 Å². The molecule has 0 unspecified atom stereocenters. The van der Waals surface area contributed by atoms with Crippen molar-refractivity contribution >= 4 is 19.5 Å². The predicted molar refractivity (Wildman–Crippen MR) is 84.8 cm³/mol. The summed E-state index contributed by atoms with van der Waals surface area (Å²) in [7, 11) is -0.208. The molecule has 2 bridgehead atoms. The van der Waals surface area contributed by atoms with Gasteiger partial charge in [0.2, 0.25) is 0 Å². The van der Waals surface area contributed by atoms with Crippen LogP contribution in [0.25, 0.3) is 0 Å². The Hall–Kier alpha value is 0.235. The Morgan fingerprint density at radius 2 is 1.95 bits per heavy atom. The Balaban J connectivity index is 0.00000147. The summed E-state index contributed by atoms with van der Waals surface area (Å²) in [6.45, 7) is 11.4. The van der Waals surface area contributed by atoms with Crippen molar-refractivity contribution in [3.8, 4) is 0 Å². The average molecular weight is 302 g/mol. The highest BCUT2D eigenvalue weighted by molar-refractivity contribution is 6.47. The first kappa shape index (κ1) is 16.6. The van der Waals surface area contributed by atoms with Gasteiger partial charge in [0.1, 0.15) is 0 Å². The molecular weight excluding hydrogens is 272 g/mol.